The average Bonchev–Trinajstić information content (AvgIpc) is 2.63. The van der Waals surface area contributed by atoms with Gasteiger partial charge in [0, 0.05) is 5.56 Å². The van der Waals surface area contributed by atoms with Crippen LogP contribution in [0.5, 0.6) is 0 Å². The fraction of sp³-hybridized carbons (Fsp3) is 0. The molecule has 76 valence electrons. The molecule has 0 radical (unpaired) electrons. The van der Waals surface area contributed by atoms with Gasteiger partial charge in [0.25, 0.3) is 5.95 Å². The highest BCUT2D eigenvalue weighted by Crippen LogP contribution is 2.03. The van der Waals surface area contributed by atoms with E-state index in [1.165, 1.54) is 12.3 Å². The third-order valence-corrected chi connectivity index (χ3v) is 1.69. The van der Waals surface area contributed by atoms with Gasteiger partial charge in [0.05, 0.1) is 6.21 Å². The van der Waals surface area contributed by atoms with Gasteiger partial charge in [-0.15, -0.1) is 0 Å². The van der Waals surface area contributed by atoms with Crippen molar-refractivity contribution in [3.05, 3.63) is 35.6 Å². The molecule has 0 fully saturated rings. The van der Waals surface area contributed by atoms with Crippen molar-refractivity contribution in [2.75, 3.05) is 5.73 Å². The van der Waals surface area contributed by atoms with Crippen LogP contribution >= 0.6 is 0 Å². The largest absolute Gasteiger partial charge is 0.365 e. The zero-order valence-electron chi connectivity index (χ0n) is 7.58. The summed E-state index contributed by atoms with van der Waals surface area (Å²) >= 11 is 0. The van der Waals surface area contributed by atoms with Gasteiger partial charge in [0.2, 0.25) is 0 Å². The minimum atomic E-state index is -0.368. The van der Waals surface area contributed by atoms with E-state index in [0.717, 1.165) is 4.79 Å². The van der Waals surface area contributed by atoms with E-state index in [1.807, 2.05) is 0 Å². The Morgan fingerprint density at radius 1 is 1.40 bits per heavy atom. The number of tetrazole rings is 1. The maximum absolute atomic E-state index is 13.1. The molecule has 0 unspecified atom stereocenters. The number of benzene rings is 1. The monoisotopic (exact) mass is 206 g/mol. The molecule has 0 saturated carbocycles. The smallest absolute Gasteiger partial charge is 0.263 e. The second-order valence-electron chi connectivity index (χ2n) is 2.69. The van der Waals surface area contributed by atoms with Crippen molar-refractivity contribution in [3.63, 3.8) is 0 Å². The van der Waals surface area contributed by atoms with Crippen LogP contribution in [0.2, 0.25) is 0 Å². The molecule has 0 spiro atoms. The summed E-state index contributed by atoms with van der Waals surface area (Å²) in [7, 11) is 0. The third-order valence-electron chi connectivity index (χ3n) is 1.69. The highest BCUT2D eigenvalue weighted by molar-refractivity contribution is 5.79. The van der Waals surface area contributed by atoms with Gasteiger partial charge in [0.1, 0.15) is 5.82 Å². The van der Waals surface area contributed by atoms with Crippen LogP contribution in [0, 0.1) is 5.82 Å². The van der Waals surface area contributed by atoms with E-state index in [9.17, 15) is 4.39 Å². The van der Waals surface area contributed by atoms with Gasteiger partial charge >= 0.3 is 0 Å². The zero-order valence-corrected chi connectivity index (χ0v) is 7.58. The van der Waals surface area contributed by atoms with Gasteiger partial charge in [-0.05, 0) is 16.5 Å². The van der Waals surface area contributed by atoms with Gasteiger partial charge in [-0.2, -0.15) is 5.10 Å². The molecule has 2 N–H and O–H groups in total. The summed E-state index contributed by atoms with van der Waals surface area (Å²) < 4.78 is 13.1. The summed E-state index contributed by atoms with van der Waals surface area (Å²) in [4.78, 5) is 1.01. The van der Waals surface area contributed by atoms with Crippen molar-refractivity contribution in [2.24, 2.45) is 5.10 Å². The quantitative estimate of drug-likeness (QED) is 0.715. The Kier molecular flexibility index (Phi) is 2.36. The predicted molar refractivity (Wildman–Crippen MR) is 51.6 cm³/mol. The second kappa shape index (κ2) is 3.82. The van der Waals surface area contributed by atoms with E-state index in [0.29, 0.717) is 5.56 Å². The van der Waals surface area contributed by atoms with Gasteiger partial charge < -0.3 is 5.73 Å². The molecule has 7 heteroatoms. The first-order chi connectivity index (χ1) is 7.27. The molecule has 2 rings (SSSR count). The van der Waals surface area contributed by atoms with Crippen LogP contribution < -0.4 is 5.73 Å². The fourth-order valence-electron chi connectivity index (χ4n) is 0.968. The van der Waals surface area contributed by atoms with Crippen LogP contribution in [0.3, 0.4) is 0 Å². The Morgan fingerprint density at radius 3 is 2.87 bits per heavy atom. The topological polar surface area (TPSA) is 82.0 Å². The van der Waals surface area contributed by atoms with Gasteiger partial charge in [-0.3, -0.25) is 0 Å². The number of hydrogen-bond donors (Lipinski definition) is 1. The van der Waals surface area contributed by atoms with E-state index < -0.39 is 0 Å². The summed E-state index contributed by atoms with van der Waals surface area (Å²) in [5, 5.41) is 14.0. The second-order valence-corrected chi connectivity index (χ2v) is 2.69. The van der Waals surface area contributed by atoms with Crippen molar-refractivity contribution in [1.82, 2.24) is 20.3 Å². The van der Waals surface area contributed by atoms with E-state index in [2.05, 4.69) is 20.6 Å². The first-order valence-corrected chi connectivity index (χ1v) is 4.10. The molecule has 0 bridgehead atoms. The van der Waals surface area contributed by atoms with Crippen LogP contribution in [-0.2, 0) is 0 Å². The van der Waals surface area contributed by atoms with Crippen LogP contribution in [0.1, 0.15) is 5.56 Å². The highest BCUT2D eigenvalue weighted by atomic mass is 19.1. The molecule has 15 heavy (non-hydrogen) atoms. The van der Waals surface area contributed by atoms with Crippen molar-refractivity contribution in [1.29, 1.82) is 0 Å². The summed E-state index contributed by atoms with van der Waals surface area (Å²) in [6, 6.07) is 6.22. The molecule has 0 aliphatic rings. The normalized spacial score (nSPS) is 11.0. The van der Waals surface area contributed by atoms with E-state index >= 15 is 0 Å². The number of halogens is 1. The molecule has 0 aliphatic carbocycles. The minimum absolute atomic E-state index is 0.0441. The van der Waals surface area contributed by atoms with Gasteiger partial charge in [-0.1, -0.05) is 28.1 Å². The summed E-state index contributed by atoms with van der Waals surface area (Å²) in [5.41, 5.74) is 5.70. The SMILES string of the molecule is Nc1nnnn1/N=C/c1ccccc1F. The Labute approximate surface area is 84.2 Å². The number of nitrogens with zero attached hydrogens (tertiary/aromatic N) is 5. The lowest BCUT2D eigenvalue weighted by molar-refractivity contribution is 0.625. The lowest BCUT2D eigenvalue weighted by Gasteiger charge is -1.94. The zero-order chi connectivity index (χ0) is 10.7. The van der Waals surface area contributed by atoms with Crippen LogP contribution in [-0.4, -0.2) is 26.5 Å². The summed E-state index contributed by atoms with van der Waals surface area (Å²) in [6.45, 7) is 0. The molecular weight excluding hydrogens is 199 g/mol. The molecule has 0 aliphatic heterocycles. The molecule has 6 nitrogen and oxygen atoms in total. The Hall–Kier alpha value is -2.31. The van der Waals surface area contributed by atoms with E-state index in [-0.39, 0.29) is 11.8 Å². The average molecular weight is 206 g/mol. The van der Waals surface area contributed by atoms with Crippen molar-refractivity contribution in [3.8, 4) is 0 Å². The van der Waals surface area contributed by atoms with Crippen molar-refractivity contribution < 1.29 is 4.39 Å². The molecule has 0 atom stereocenters. The lowest BCUT2D eigenvalue weighted by Crippen LogP contribution is -2.00. The van der Waals surface area contributed by atoms with Gasteiger partial charge in [-0.25, -0.2) is 4.39 Å². The molecular formula is C8H7FN6. The molecule has 1 heterocycles. The Balaban J connectivity index is 2.26. The number of rotatable bonds is 2. The number of anilines is 1. The van der Waals surface area contributed by atoms with Crippen LogP contribution in [0.15, 0.2) is 29.4 Å². The maximum atomic E-state index is 13.1. The van der Waals surface area contributed by atoms with E-state index in [1.54, 1.807) is 18.2 Å². The van der Waals surface area contributed by atoms with Gasteiger partial charge in [0.15, 0.2) is 0 Å². The highest BCUT2D eigenvalue weighted by Gasteiger charge is 1.99. The van der Waals surface area contributed by atoms with Crippen molar-refractivity contribution >= 4 is 12.2 Å². The summed E-state index contributed by atoms with van der Waals surface area (Å²) in [5.74, 6) is -0.324. The number of aromatic nitrogens is 4. The number of nitrogen functional groups attached to an aromatic ring is 1. The molecule has 1 aromatic carbocycles. The van der Waals surface area contributed by atoms with Crippen molar-refractivity contribution in [2.45, 2.75) is 0 Å². The van der Waals surface area contributed by atoms with Crippen LogP contribution in [0.25, 0.3) is 0 Å². The number of nitrogens with two attached hydrogens (primary N) is 1. The standard InChI is InChI=1S/C8H7FN6/c9-7-4-2-1-3-6(7)5-11-15-8(10)12-13-14-15/h1-5H,(H2,10,12,14)/b11-5+. The molecule has 0 saturated heterocycles. The third kappa shape index (κ3) is 1.96. The Bertz CT molecular complexity index is 491. The fourth-order valence-corrected chi connectivity index (χ4v) is 0.968. The molecule has 0 amide bonds. The predicted octanol–water partition coefficient (Wildman–Crippen LogP) is 0.277. The lowest BCUT2D eigenvalue weighted by atomic mass is 10.2. The number of hydrogen-bond acceptors (Lipinski definition) is 5. The minimum Gasteiger partial charge on any atom is -0.365 e. The first-order valence-electron chi connectivity index (χ1n) is 4.10. The summed E-state index contributed by atoms with van der Waals surface area (Å²) in [6.07, 6.45) is 1.29. The maximum Gasteiger partial charge on any atom is 0.263 e. The molecule has 2 aromatic rings. The van der Waals surface area contributed by atoms with Crippen LogP contribution in [0.4, 0.5) is 10.3 Å². The Morgan fingerprint density at radius 2 is 2.20 bits per heavy atom. The molecule has 1 aromatic heterocycles. The van der Waals surface area contributed by atoms with E-state index in [4.69, 9.17) is 5.73 Å². The first kappa shape index (κ1) is 9.25.